The van der Waals surface area contributed by atoms with E-state index >= 15 is 0 Å². The second kappa shape index (κ2) is 8.43. The number of nitrogens with zero attached hydrogens (tertiary/aromatic N) is 3. The highest BCUT2D eigenvalue weighted by molar-refractivity contribution is 5.75. The van der Waals surface area contributed by atoms with Gasteiger partial charge < -0.3 is 19.5 Å². The maximum absolute atomic E-state index is 12.7. The van der Waals surface area contributed by atoms with E-state index in [1.54, 1.807) is 7.11 Å². The third-order valence-electron chi connectivity index (χ3n) is 4.91. The van der Waals surface area contributed by atoms with Crippen LogP contribution in [0.3, 0.4) is 0 Å². The van der Waals surface area contributed by atoms with E-state index in [-0.39, 0.29) is 12.1 Å². The number of urea groups is 1. The van der Waals surface area contributed by atoms with Crippen LogP contribution in [0.2, 0.25) is 0 Å². The lowest BCUT2D eigenvalue weighted by atomic mass is 10.0. The van der Waals surface area contributed by atoms with Crippen LogP contribution in [-0.4, -0.2) is 54.3 Å². The van der Waals surface area contributed by atoms with Gasteiger partial charge in [0.1, 0.15) is 5.75 Å². The number of aromatic nitrogens is 1. The number of benzene rings is 1. The Morgan fingerprint density at radius 1 is 1.26 bits per heavy atom. The third-order valence-corrected chi connectivity index (χ3v) is 4.91. The van der Waals surface area contributed by atoms with Crippen LogP contribution in [0.4, 0.5) is 4.79 Å². The van der Waals surface area contributed by atoms with Crippen LogP contribution in [0.15, 0.2) is 28.8 Å². The molecule has 1 N–H and O–H groups in total. The number of aryl methyl sites for hydroxylation is 2. The summed E-state index contributed by atoms with van der Waals surface area (Å²) in [5, 5.41) is 7.02. The number of amides is 2. The van der Waals surface area contributed by atoms with Crippen LogP contribution < -0.4 is 10.1 Å². The molecule has 1 fully saturated rings. The number of ether oxygens (including phenoxy) is 1. The van der Waals surface area contributed by atoms with E-state index in [0.717, 1.165) is 48.0 Å². The van der Waals surface area contributed by atoms with Crippen molar-refractivity contribution in [2.24, 2.45) is 0 Å². The van der Waals surface area contributed by atoms with Gasteiger partial charge in [-0.3, -0.25) is 4.90 Å². The van der Waals surface area contributed by atoms with Crippen LogP contribution in [0.1, 0.15) is 35.5 Å². The van der Waals surface area contributed by atoms with Crippen molar-refractivity contribution >= 4 is 6.03 Å². The van der Waals surface area contributed by atoms with Crippen LogP contribution in [0.25, 0.3) is 0 Å². The molecule has 1 saturated heterocycles. The molecule has 0 radical (unpaired) electrons. The standard InChI is InChI=1S/C20H28N4O3/c1-14-5-6-19(26-4)18(11-14)16(3)21-20(25)24-9-7-23(8-10-24)13-17-12-15(2)22-27-17/h5-6,11-12,16H,7-10,13H2,1-4H3,(H,21,25). The average Bonchev–Trinajstić information content (AvgIpc) is 3.06. The molecule has 7 nitrogen and oxygen atoms in total. The molecule has 0 aliphatic carbocycles. The predicted molar refractivity (Wildman–Crippen MR) is 103 cm³/mol. The lowest BCUT2D eigenvalue weighted by molar-refractivity contribution is 0.126. The fourth-order valence-corrected chi connectivity index (χ4v) is 3.37. The molecule has 27 heavy (non-hydrogen) atoms. The Kier molecular flexibility index (Phi) is 6.01. The maximum Gasteiger partial charge on any atom is 0.317 e. The van der Waals surface area contributed by atoms with Crippen molar-refractivity contribution < 1.29 is 14.1 Å². The molecule has 1 atom stereocenters. The molecule has 1 unspecified atom stereocenters. The van der Waals surface area contributed by atoms with Gasteiger partial charge in [-0.15, -0.1) is 0 Å². The van der Waals surface area contributed by atoms with Crippen molar-refractivity contribution in [3.8, 4) is 5.75 Å². The van der Waals surface area contributed by atoms with Crippen LogP contribution in [0, 0.1) is 13.8 Å². The summed E-state index contributed by atoms with van der Waals surface area (Å²) in [4.78, 5) is 16.8. The Morgan fingerprint density at radius 3 is 2.63 bits per heavy atom. The molecule has 2 amide bonds. The van der Waals surface area contributed by atoms with Gasteiger partial charge in [0.15, 0.2) is 5.76 Å². The highest BCUT2D eigenvalue weighted by atomic mass is 16.5. The minimum atomic E-state index is -0.123. The largest absolute Gasteiger partial charge is 0.496 e. The fraction of sp³-hybridized carbons (Fsp3) is 0.500. The summed E-state index contributed by atoms with van der Waals surface area (Å²) in [6, 6.07) is 7.80. The molecule has 3 rings (SSSR count). The predicted octanol–water partition coefficient (Wildman–Crippen LogP) is 2.89. The van der Waals surface area contributed by atoms with Crippen LogP contribution in [-0.2, 0) is 6.54 Å². The number of rotatable bonds is 5. The number of carbonyl (C=O) groups is 1. The normalized spacial score (nSPS) is 16.2. The van der Waals surface area contributed by atoms with Gasteiger partial charge in [0.05, 0.1) is 25.4 Å². The summed E-state index contributed by atoms with van der Waals surface area (Å²) in [6.45, 7) is 9.68. The van der Waals surface area contributed by atoms with Crippen molar-refractivity contribution in [2.75, 3.05) is 33.3 Å². The lowest BCUT2D eigenvalue weighted by Gasteiger charge is -2.34. The number of hydrogen-bond donors (Lipinski definition) is 1. The molecule has 1 aromatic heterocycles. The van der Waals surface area contributed by atoms with Gasteiger partial charge in [0.25, 0.3) is 0 Å². The van der Waals surface area contributed by atoms with E-state index in [4.69, 9.17) is 9.26 Å². The summed E-state index contributed by atoms with van der Waals surface area (Å²) in [5.74, 6) is 1.66. The van der Waals surface area contributed by atoms with Gasteiger partial charge in [-0.2, -0.15) is 0 Å². The minimum Gasteiger partial charge on any atom is -0.496 e. The monoisotopic (exact) mass is 372 g/mol. The first-order valence-corrected chi connectivity index (χ1v) is 9.31. The van der Waals surface area contributed by atoms with Crippen molar-refractivity contribution in [2.45, 2.75) is 33.4 Å². The Morgan fingerprint density at radius 2 is 2.00 bits per heavy atom. The van der Waals surface area contributed by atoms with Crippen LogP contribution >= 0.6 is 0 Å². The molecule has 7 heteroatoms. The first-order chi connectivity index (χ1) is 13.0. The van der Waals surface area contributed by atoms with Crippen molar-refractivity contribution in [3.05, 3.63) is 46.8 Å². The zero-order valence-corrected chi connectivity index (χ0v) is 16.5. The number of nitrogens with one attached hydrogen (secondary N) is 1. The molecule has 0 bridgehead atoms. The average molecular weight is 372 g/mol. The number of methoxy groups -OCH3 is 1. The summed E-state index contributed by atoms with van der Waals surface area (Å²) in [5.41, 5.74) is 3.02. The fourth-order valence-electron chi connectivity index (χ4n) is 3.37. The zero-order valence-electron chi connectivity index (χ0n) is 16.5. The summed E-state index contributed by atoms with van der Waals surface area (Å²) < 4.78 is 10.7. The Balaban J connectivity index is 1.52. The zero-order chi connectivity index (χ0) is 19.4. The summed E-state index contributed by atoms with van der Waals surface area (Å²) in [6.07, 6.45) is 0. The van der Waals surface area contributed by atoms with Gasteiger partial charge in [-0.05, 0) is 26.8 Å². The quantitative estimate of drug-likeness (QED) is 0.874. The highest BCUT2D eigenvalue weighted by Gasteiger charge is 2.24. The molecule has 0 spiro atoms. The van der Waals surface area contributed by atoms with E-state index in [2.05, 4.69) is 21.4 Å². The molecule has 146 valence electrons. The van der Waals surface area contributed by atoms with Crippen molar-refractivity contribution in [1.82, 2.24) is 20.3 Å². The van der Waals surface area contributed by atoms with Gasteiger partial charge in [0.2, 0.25) is 0 Å². The van der Waals surface area contributed by atoms with E-state index in [9.17, 15) is 4.79 Å². The molecule has 1 aromatic carbocycles. The van der Waals surface area contributed by atoms with Gasteiger partial charge in [-0.1, -0.05) is 22.9 Å². The maximum atomic E-state index is 12.7. The van der Waals surface area contributed by atoms with E-state index in [1.807, 2.05) is 43.9 Å². The minimum absolute atomic E-state index is 0.0405. The van der Waals surface area contributed by atoms with Crippen LogP contribution in [0.5, 0.6) is 5.75 Å². The first-order valence-electron chi connectivity index (χ1n) is 9.31. The summed E-state index contributed by atoms with van der Waals surface area (Å²) in [7, 11) is 1.65. The molecule has 1 aliphatic rings. The third kappa shape index (κ3) is 4.80. The molecular weight excluding hydrogens is 344 g/mol. The van der Waals surface area contributed by atoms with E-state index in [1.165, 1.54) is 0 Å². The molecule has 0 saturated carbocycles. The smallest absolute Gasteiger partial charge is 0.317 e. The SMILES string of the molecule is COc1ccc(C)cc1C(C)NC(=O)N1CCN(Cc2cc(C)no2)CC1. The Hall–Kier alpha value is -2.54. The van der Waals surface area contributed by atoms with Gasteiger partial charge in [-0.25, -0.2) is 4.79 Å². The second-order valence-electron chi connectivity index (χ2n) is 7.11. The van der Waals surface area contributed by atoms with Gasteiger partial charge in [0, 0.05) is 37.8 Å². The second-order valence-corrected chi connectivity index (χ2v) is 7.11. The van der Waals surface area contributed by atoms with E-state index in [0.29, 0.717) is 13.1 Å². The lowest BCUT2D eigenvalue weighted by Crippen LogP contribution is -2.51. The van der Waals surface area contributed by atoms with Crippen molar-refractivity contribution in [3.63, 3.8) is 0 Å². The topological polar surface area (TPSA) is 70.8 Å². The first kappa shape index (κ1) is 19.2. The Bertz CT molecular complexity index is 781. The molecule has 2 aromatic rings. The summed E-state index contributed by atoms with van der Waals surface area (Å²) >= 11 is 0. The highest BCUT2D eigenvalue weighted by Crippen LogP contribution is 2.26. The molecule has 1 aliphatic heterocycles. The number of carbonyl (C=O) groups excluding carboxylic acids is 1. The molecular formula is C20H28N4O3. The number of piperazine rings is 1. The number of hydrogen-bond acceptors (Lipinski definition) is 5. The van der Waals surface area contributed by atoms with Crippen molar-refractivity contribution in [1.29, 1.82) is 0 Å². The Labute approximate surface area is 160 Å². The van der Waals surface area contributed by atoms with E-state index < -0.39 is 0 Å². The molecule has 2 heterocycles. The van der Waals surface area contributed by atoms with Gasteiger partial charge >= 0.3 is 6.03 Å².